The molecule has 2 aromatic rings. The molecule has 0 bridgehead atoms. The van der Waals surface area contributed by atoms with Gasteiger partial charge in [0.15, 0.2) is 42.6 Å². The Balaban J connectivity index is 2.12. The first kappa shape index (κ1) is 31.7. The van der Waals surface area contributed by atoms with Crippen LogP contribution in [0.1, 0.15) is 47.8 Å². The summed E-state index contributed by atoms with van der Waals surface area (Å²) >= 11 is 6.21. The van der Waals surface area contributed by atoms with Crippen LogP contribution >= 0.6 is 11.6 Å². The van der Waals surface area contributed by atoms with Gasteiger partial charge in [-0.2, -0.15) is 9.97 Å². The monoisotopic (exact) mass is 601 g/mol. The number of ether oxygens (including phenoxy) is 1. The average molecular weight is 602 g/mol. The standard InChI is InChI=1S/C25H48ClN5O4Si3/c1-15(2)36(7,8)32-13-18-20(34-37(9,10)16(3)4)21(35-38(11,12)17(5)6)24(33-18)31-14-28-19-22(27)29-25(26)30-23(19)31/h14-18,20-21,24H,13H2,1-12H3,(H2,27,29,30)/t18-,20-,21-,24-/m1/s1. The van der Waals surface area contributed by atoms with Crippen LogP contribution in [0.15, 0.2) is 6.33 Å². The number of nitrogen functional groups attached to an aromatic ring is 1. The van der Waals surface area contributed by atoms with Crippen molar-refractivity contribution in [1.82, 2.24) is 19.5 Å². The maximum absolute atomic E-state index is 7.06. The molecule has 3 rings (SSSR count). The Morgan fingerprint density at radius 1 is 0.895 bits per heavy atom. The minimum atomic E-state index is -2.13. The first-order chi connectivity index (χ1) is 17.4. The molecular weight excluding hydrogens is 554 g/mol. The first-order valence-electron chi connectivity index (χ1n) is 13.7. The second-order valence-corrected chi connectivity index (χ2v) is 27.2. The molecule has 2 N–H and O–H groups in total. The van der Waals surface area contributed by atoms with Gasteiger partial charge in [-0.05, 0) is 67.5 Å². The number of nitrogens with zero attached hydrogens (tertiary/aromatic N) is 4. The predicted octanol–water partition coefficient (Wildman–Crippen LogP) is 6.59. The molecule has 0 unspecified atom stereocenters. The van der Waals surface area contributed by atoms with Crippen LogP contribution in [-0.2, 0) is 18.0 Å². The Morgan fingerprint density at radius 3 is 1.95 bits per heavy atom. The van der Waals surface area contributed by atoms with E-state index in [1.165, 1.54) is 0 Å². The molecule has 0 spiro atoms. The van der Waals surface area contributed by atoms with E-state index in [1.807, 2.05) is 4.57 Å². The summed E-state index contributed by atoms with van der Waals surface area (Å²) in [7, 11) is -6.15. The van der Waals surface area contributed by atoms with Crippen molar-refractivity contribution in [3.63, 3.8) is 0 Å². The SMILES string of the molecule is CC(C)[Si](C)(C)OC[C@H]1O[C@@H](n2cnc3c(N)nc(Cl)nc32)[C@H](O[Si](C)(C)C(C)C)[C@@H]1O[Si](C)(C)C(C)C. The number of hydrogen-bond acceptors (Lipinski definition) is 8. The van der Waals surface area contributed by atoms with E-state index in [-0.39, 0.29) is 29.4 Å². The lowest BCUT2D eigenvalue weighted by atomic mass is 10.1. The summed E-state index contributed by atoms with van der Waals surface area (Å²) in [5.41, 5.74) is 8.42. The van der Waals surface area contributed by atoms with E-state index in [0.717, 1.165) is 0 Å². The minimum absolute atomic E-state index is 0.0646. The van der Waals surface area contributed by atoms with Crippen LogP contribution in [0, 0.1) is 0 Å². The van der Waals surface area contributed by atoms with Gasteiger partial charge in [-0.3, -0.25) is 4.57 Å². The van der Waals surface area contributed by atoms with Crippen molar-refractivity contribution >= 4 is 53.5 Å². The predicted molar refractivity (Wildman–Crippen MR) is 162 cm³/mol. The van der Waals surface area contributed by atoms with Gasteiger partial charge in [0.1, 0.15) is 23.8 Å². The van der Waals surface area contributed by atoms with Crippen LogP contribution in [0.25, 0.3) is 11.2 Å². The molecule has 0 aliphatic carbocycles. The van der Waals surface area contributed by atoms with Gasteiger partial charge in [-0.25, -0.2) is 4.98 Å². The third-order valence-electron chi connectivity index (χ3n) is 8.65. The van der Waals surface area contributed by atoms with Gasteiger partial charge in [-0.1, -0.05) is 41.5 Å². The number of rotatable bonds is 11. The van der Waals surface area contributed by atoms with E-state index in [1.54, 1.807) is 6.33 Å². The summed E-state index contributed by atoms with van der Waals surface area (Å²) in [4.78, 5) is 13.0. The normalized spacial score (nSPS) is 23.5. The lowest BCUT2D eigenvalue weighted by Gasteiger charge is -2.39. The Bertz CT molecular complexity index is 1110. The molecule has 9 nitrogen and oxygen atoms in total. The van der Waals surface area contributed by atoms with Crippen molar-refractivity contribution in [2.75, 3.05) is 12.3 Å². The summed E-state index contributed by atoms with van der Waals surface area (Å²) in [6.07, 6.45) is 0.156. The van der Waals surface area contributed by atoms with Gasteiger partial charge >= 0.3 is 0 Å². The van der Waals surface area contributed by atoms with Gasteiger partial charge in [0.05, 0.1) is 12.9 Å². The summed E-state index contributed by atoms with van der Waals surface area (Å²) in [6, 6.07) is 0. The van der Waals surface area contributed by atoms with Crippen molar-refractivity contribution in [3.8, 4) is 0 Å². The Hall–Kier alpha value is -0.869. The van der Waals surface area contributed by atoms with E-state index >= 15 is 0 Å². The van der Waals surface area contributed by atoms with Crippen molar-refractivity contribution in [3.05, 3.63) is 11.6 Å². The fourth-order valence-electron chi connectivity index (χ4n) is 3.87. The minimum Gasteiger partial charge on any atom is -0.414 e. The summed E-state index contributed by atoms with van der Waals surface area (Å²) in [5.74, 6) is 0.233. The van der Waals surface area contributed by atoms with Crippen LogP contribution in [-0.4, -0.2) is 69.4 Å². The van der Waals surface area contributed by atoms with E-state index in [2.05, 4.69) is 95.8 Å². The molecule has 4 atom stereocenters. The largest absolute Gasteiger partial charge is 0.414 e. The highest BCUT2D eigenvalue weighted by atomic mass is 35.5. The molecule has 38 heavy (non-hydrogen) atoms. The molecule has 0 radical (unpaired) electrons. The van der Waals surface area contributed by atoms with Crippen LogP contribution in [0.3, 0.4) is 0 Å². The molecule has 216 valence electrons. The zero-order chi connectivity index (χ0) is 28.8. The van der Waals surface area contributed by atoms with E-state index < -0.39 is 31.2 Å². The summed E-state index contributed by atoms with van der Waals surface area (Å²) in [5, 5.41) is 0.0646. The molecular formula is C25H48ClN5O4Si3. The lowest BCUT2D eigenvalue weighted by molar-refractivity contribution is -0.0464. The quantitative estimate of drug-likeness (QED) is 0.227. The van der Waals surface area contributed by atoms with Crippen molar-refractivity contribution in [2.24, 2.45) is 0 Å². The van der Waals surface area contributed by atoms with Gasteiger partial charge in [0, 0.05) is 0 Å². The van der Waals surface area contributed by atoms with Crippen LogP contribution in [0.4, 0.5) is 5.82 Å². The van der Waals surface area contributed by atoms with Gasteiger partial charge in [0.2, 0.25) is 5.28 Å². The molecule has 1 fully saturated rings. The number of hydrogen-bond donors (Lipinski definition) is 1. The van der Waals surface area contributed by atoms with Crippen molar-refractivity contribution in [1.29, 1.82) is 0 Å². The molecule has 13 heteroatoms. The van der Waals surface area contributed by atoms with Gasteiger partial charge < -0.3 is 23.7 Å². The third-order valence-corrected chi connectivity index (χ3v) is 19.8. The Morgan fingerprint density at radius 2 is 1.42 bits per heavy atom. The summed E-state index contributed by atoms with van der Waals surface area (Å²) < 4.78 is 29.4. The molecule has 1 aliphatic heterocycles. The van der Waals surface area contributed by atoms with Gasteiger partial charge in [-0.15, -0.1) is 0 Å². The van der Waals surface area contributed by atoms with Crippen LogP contribution < -0.4 is 5.73 Å². The zero-order valence-electron chi connectivity index (χ0n) is 25.2. The molecule has 0 saturated carbocycles. The number of fused-ring (bicyclic) bond motifs is 1. The van der Waals surface area contributed by atoms with E-state index in [4.69, 9.17) is 35.3 Å². The molecule has 3 heterocycles. The highest BCUT2D eigenvalue weighted by molar-refractivity contribution is 6.73. The highest BCUT2D eigenvalue weighted by Crippen LogP contribution is 2.41. The number of halogens is 1. The second-order valence-electron chi connectivity index (χ2n) is 13.0. The second kappa shape index (κ2) is 11.6. The maximum atomic E-state index is 7.06. The molecule has 2 aromatic heterocycles. The smallest absolute Gasteiger partial charge is 0.226 e. The fraction of sp³-hybridized carbons (Fsp3) is 0.800. The molecule has 1 saturated heterocycles. The van der Waals surface area contributed by atoms with E-state index in [0.29, 0.717) is 34.4 Å². The lowest BCUT2D eigenvalue weighted by Crippen LogP contribution is -2.51. The van der Waals surface area contributed by atoms with Crippen molar-refractivity contribution in [2.45, 2.75) is 122 Å². The number of imidazole rings is 1. The Labute approximate surface area is 236 Å². The first-order valence-corrected chi connectivity index (χ1v) is 23.0. The number of anilines is 1. The van der Waals surface area contributed by atoms with Gasteiger partial charge in [0.25, 0.3) is 0 Å². The molecule has 1 aliphatic rings. The zero-order valence-corrected chi connectivity index (χ0v) is 29.0. The molecule has 0 amide bonds. The summed E-state index contributed by atoms with van der Waals surface area (Å²) in [6.45, 7) is 27.3. The van der Waals surface area contributed by atoms with Crippen molar-refractivity contribution < 1.29 is 18.0 Å². The maximum Gasteiger partial charge on any atom is 0.226 e. The topological polar surface area (TPSA) is 107 Å². The van der Waals surface area contributed by atoms with Crippen LogP contribution in [0.5, 0.6) is 0 Å². The highest BCUT2D eigenvalue weighted by Gasteiger charge is 2.52. The Kier molecular flexibility index (Phi) is 9.62. The molecule has 0 aromatic carbocycles. The number of aromatic nitrogens is 4. The number of nitrogens with two attached hydrogens (primary N) is 1. The average Bonchev–Trinajstić information content (AvgIpc) is 3.33. The third kappa shape index (κ3) is 6.70. The van der Waals surface area contributed by atoms with Crippen LogP contribution in [0.2, 0.25) is 61.2 Å². The fourth-order valence-corrected chi connectivity index (χ4v) is 7.45. The van der Waals surface area contributed by atoms with E-state index in [9.17, 15) is 0 Å².